The summed E-state index contributed by atoms with van der Waals surface area (Å²) >= 11 is 0. The second kappa shape index (κ2) is 8.21. The van der Waals surface area contributed by atoms with Crippen molar-refractivity contribution in [2.24, 2.45) is 0 Å². The van der Waals surface area contributed by atoms with Gasteiger partial charge in [0.2, 0.25) is 0 Å². The van der Waals surface area contributed by atoms with Crippen molar-refractivity contribution in [2.75, 3.05) is 12.4 Å². The number of hydrogen-bond acceptors (Lipinski definition) is 2. The highest BCUT2D eigenvalue weighted by Gasteiger charge is 2.17. The van der Waals surface area contributed by atoms with Gasteiger partial charge in [0.05, 0.1) is 13.2 Å². The number of rotatable bonds is 5. The molecule has 0 radical (unpaired) electrons. The third kappa shape index (κ3) is 4.42. The van der Waals surface area contributed by atoms with Crippen molar-refractivity contribution >= 4 is 11.7 Å². The van der Waals surface area contributed by atoms with Gasteiger partial charge in [0.25, 0.3) is 0 Å². The highest BCUT2D eigenvalue weighted by Crippen LogP contribution is 2.23. The average Bonchev–Trinajstić information content (AvgIpc) is 2.67. The van der Waals surface area contributed by atoms with Gasteiger partial charge in [-0.1, -0.05) is 66.2 Å². The first-order valence-electron chi connectivity index (χ1n) is 8.49. The second-order valence-corrected chi connectivity index (χ2v) is 6.09. The number of methoxy groups -OCH3 is 1. The normalized spacial score (nSPS) is 11.5. The lowest BCUT2D eigenvalue weighted by atomic mass is 9.97. The predicted molar refractivity (Wildman–Crippen MR) is 105 cm³/mol. The highest BCUT2D eigenvalue weighted by atomic mass is 16.5. The third-order valence-electron chi connectivity index (χ3n) is 4.11. The number of ether oxygens (including phenoxy) is 1. The molecule has 132 valence electrons. The molecule has 0 heterocycles. The van der Waals surface area contributed by atoms with Gasteiger partial charge in [0, 0.05) is 11.8 Å². The maximum Gasteiger partial charge on any atom is 0.319 e. The minimum atomic E-state index is -0.270. The first kappa shape index (κ1) is 17.5. The lowest BCUT2D eigenvalue weighted by Crippen LogP contribution is -2.33. The van der Waals surface area contributed by atoms with Crippen molar-refractivity contribution in [1.82, 2.24) is 5.32 Å². The third-order valence-corrected chi connectivity index (χ3v) is 4.11. The van der Waals surface area contributed by atoms with E-state index in [2.05, 4.69) is 16.7 Å². The standard InChI is InChI=1S/C22H22N2O2/c1-16-8-6-11-18(14-16)21(17-9-4-3-5-10-17)24-22(25)23-19-12-7-13-20(15-19)26-2/h3-15,21H,1-2H3,(H2,23,24,25)/t21-/m1/s1. The summed E-state index contributed by atoms with van der Waals surface area (Å²) in [6.07, 6.45) is 0. The van der Waals surface area contributed by atoms with Crippen LogP contribution >= 0.6 is 0 Å². The summed E-state index contributed by atoms with van der Waals surface area (Å²) in [7, 11) is 1.60. The summed E-state index contributed by atoms with van der Waals surface area (Å²) in [5, 5.41) is 5.94. The quantitative estimate of drug-likeness (QED) is 0.689. The lowest BCUT2D eigenvalue weighted by Gasteiger charge is -2.21. The fourth-order valence-corrected chi connectivity index (χ4v) is 2.85. The fourth-order valence-electron chi connectivity index (χ4n) is 2.85. The minimum Gasteiger partial charge on any atom is -0.497 e. The average molecular weight is 346 g/mol. The number of aryl methyl sites for hydroxylation is 1. The van der Waals surface area contributed by atoms with E-state index >= 15 is 0 Å². The zero-order valence-corrected chi connectivity index (χ0v) is 14.9. The van der Waals surface area contributed by atoms with Crippen LogP contribution in [0.1, 0.15) is 22.7 Å². The van der Waals surface area contributed by atoms with Gasteiger partial charge >= 0.3 is 6.03 Å². The number of hydrogen-bond donors (Lipinski definition) is 2. The molecular weight excluding hydrogens is 324 g/mol. The van der Waals surface area contributed by atoms with Crippen molar-refractivity contribution in [3.8, 4) is 5.75 Å². The Morgan fingerprint density at radius 1 is 0.885 bits per heavy atom. The van der Waals surface area contributed by atoms with Crippen molar-refractivity contribution in [2.45, 2.75) is 13.0 Å². The van der Waals surface area contributed by atoms with Crippen LogP contribution in [0, 0.1) is 6.92 Å². The van der Waals surface area contributed by atoms with Gasteiger partial charge in [-0.05, 0) is 30.2 Å². The van der Waals surface area contributed by atoms with Crippen molar-refractivity contribution in [3.63, 3.8) is 0 Å². The van der Waals surface area contributed by atoms with E-state index in [1.54, 1.807) is 13.2 Å². The van der Waals surface area contributed by atoms with E-state index in [-0.39, 0.29) is 12.1 Å². The van der Waals surface area contributed by atoms with Crippen LogP contribution in [0.5, 0.6) is 5.75 Å². The maximum absolute atomic E-state index is 12.6. The molecule has 0 aliphatic heterocycles. The monoisotopic (exact) mass is 346 g/mol. The smallest absolute Gasteiger partial charge is 0.319 e. The SMILES string of the molecule is COc1cccc(NC(=O)N[C@H](c2ccccc2)c2cccc(C)c2)c1. The Morgan fingerprint density at radius 3 is 2.35 bits per heavy atom. The number of amides is 2. The van der Waals surface area contributed by atoms with Crippen LogP contribution in [-0.2, 0) is 0 Å². The Morgan fingerprint density at radius 2 is 1.62 bits per heavy atom. The molecule has 0 aliphatic carbocycles. The Labute approximate surface area is 153 Å². The molecule has 4 heteroatoms. The molecule has 3 rings (SSSR count). The molecular formula is C22H22N2O2. The van der Waals surface area contributed by atoms with E-state index in [1.165, 1.54) is 0 Å². The molecule has 0 spiro atoms. The Balaban J connectivity index is 1.82. The molecule has 0 fully saturated rings. The van der Waals surface area contributed by atoms with E-state index in [0.717, 1.165) is 16.7 Å². The fraction of sp³-hybridized carbons (Fsp3) is 0.136. The molecule has 0 saturated heterocycles. The van der Waals surface area contributed by atoms with Crippen LogP contribution in [0.4, 0.5) is 10.5 Å². The topological polar surface area (TPSA) is 50.4 Å². The van der Waals surface area contributed by atoms with Crippen LogP contribution in [-0.4, -0.2) is 13.1 Å². The molecule has 0 aliphatic rings. The second-order valence-electron chi connectivity index (χ2n) is 6.09. The Bertz CT molecular complexity index is 878. The van der Waals surface area contributed by atoms with Crippen LogP contribution in [0.3, 0.4) is 0 Å². The van der Waals surface area contributed by atoms with Crippen molar-refractivity contribution in [3.05, 3.63) is 95.6 Å². The van der Waals surface area contributed by atoms with E-state index in [1.807, 2.05) is 73.7 Å². The van der Waals surface area contributed by atoms with Crippen LogP contribution < -0.4 is 15.4 Å². The maximum atomic E-state index is 12.6. The number of nitrogens with one attached hydrogen (secondary N) is 2. The summed E-state index contributed by atoms with van der Waals surface area (Å²) in [5.74, 6) is 0.695. The molecule has 2 amide bonds. The Kier molecular flexibility index (Phi) is 5.54. The van der Waals surface area contributed by atoms with Gasteiger partial charge in [0.1, 0.15) is 5.75 Å². The van der Waals surface area contributed by atoms with Crippen LogP contribution in [0.2, 0.25) is 0 Å². The molecule has 0 bridgehead atoms. The highest BCUT2D eigenvalue weighted by molar-refractivity contribution is 5.90. The summed E-state index contributed by atoms with van der Waals surface area (Å²) in [4.78, 5) is 12.6. The van der Waals surface area contributed by atoms with Gasteiger partial charge < -0.3 is 15.4 Å². The number of carbonyl (C=O) groups is 1. The summed E-state index contributed by atoms with van der Waals surface area (Å²) < 4.78 is 5.20. The molecule has 0 unspecified atom stereocenters. The van der Waals surface area contributed by atoms with E-state index in [9.17, 15) is 4.79 Å². The summed E-state index contributed by atoms with van der Waals surface area (Å²) in [6.45, 7) is 2.04. The minimum absolute atomic E-state index is 0.235. The summed E-state index contributed by atoms with van der Waals surface area (Å²) in [6, 6.07) is 24.9. The number of benzene rings is 3. The number of anilines is 1. The van der Waals surface area contributed by atoms with Gasteiger partial charge in [-0.2, -0.15) is 0 Å². The molecule has 0 aromatic heterocycles. The van der Waals surface area contributed by atoms with Gasteiger partial charge in [0.15, 0.2) is 0 Å². The summed E-state index contributed by atoms with van der Waals surface area (Å²) in [5.41, 5.74) is 3.90. The van der Waals surface area contributed by atoms with Crippen LogP contribution in [0.15, 0.2) is 78.9 Å². The molecule has 3 aromatic carbocycles. The zero-order valence-electron chi connectivity index (χ0n) is 14.9. The molecule has 4 nitrogen and oxygen atoms in total. The molecule has 26 heavy (non-hydrogen) atoms. The lowest BCUT2D eigenvalue weighted by molar-refractivity contribution is 0.250. The van der Waals surface area contributed by atoms with Gasteiger partial charge in [-0.15, -0.1) is 0 Å². The largest absolute Gasteiger partial charge is 0.497 e. The molecule has 0 saturated carbocycles. The van der Waals surface area contributed by atoms with Crippen molar-refractivity contribution in [1.29, 1.82) is 0 Å². The first-order valence-corrected chi connectivity index (χ1v) is 8.49. The van der Waals surface area contributed by atoms with Crippen LogP contribution in [0.25, 0.3) is 0 Å². The predicted octanol–water partition coefficient (Wildman–Crippen LogP) is 4.91. The van der Waals surface area contributed by atoms with Crippen molar-refractivity contribution < 1.29 is 9.53 Å². The molecule has 3 aromatic rings. The number of carbonyl (C=O) groups excluding carboxylic acids is 1. The van der Waals surface area contributed by atoms with Gasteiger partial charge in [-0.3, -0.25) is 0 Å². The van der Waals surface area contributed by atoms with E-state index < -0.39 is 0 Å². The number of urea groups is 1. The zero-order chi connectivity index (χ0) is 18.4. The molecule has 1 atom stereocenters. The van der Waals surface area contributed by atoms with Gasteiger partial charge in [-0.25, -0.2) is 4.79 Å². The van der Waals surface area contributed by atoms with E-state index in [0.29, 0.717) is 11.4 Å². The molecule has 2 N–H and O–H groups in total. The first-order chi connectivity index (χ1) is 12.7. The van der Waals surface area contributed by atoms with E-state index in [4.69, 9.17) is 4.74 Å². The Hall–Kier alpha value is -3.27.